The molecular formula is C22H25NO5S2. The van der Waals surface area contributed by atoms with Crippen molar-refractivity contribution < 1.29 is 22.7 Å². The molecule has 2 aliphatic heterocycles. The number of carbonyl (C=O) groups is 1. The van der Waals surface area contributed by atoms with Gasteiger partial charge in [-0.25, -0.2) is 8.42 Å². The van der Waals surface area contributed by atoms with E-state index in [1.54, 1.807) is 40.5 Å². The molecule has 6 nitrogen and oxygen atoms in total. The quantitative estimate of drug-likeness (QED) is 0.679. The molecule has 1 aromatic heterocycles. The number of sulfone groups is 1. The zero-order valence-corrected chi connectivity index (χ0v) is 18.5. The molecule has 160 valence electrons. The summed E-state index contributed by atoms with van der Waals surface area (Å²) in [6.07, 6.45) is 1.81. The molecule has 1 aromatic carbocycles. The number of amides is 1. The van der Waals surface area contributed by atoms with Crippen molar-refractivity contribution in [3.63, 3.8) is 0 Å². The molecule has 1 amide bonds. The van der Waals surface area contributed by atoms with E-state index in [0.29, 0.717) is 25.3 Å². The van der Waals surface area contributed by atoms with Crippen LogP contribution in [-0.4, -0.2) is 50.8 Å². The molecule has 0 unspecified atom stereocenters. The first-order chi connectivity index (χ1) is 14.5. The third-order valence-electron chi connectivity index (χ3n) is 5.38. The smallest absolute Gasteiger partial charge is 0.290 e. The second kappa shape index (κ2) is 8.91. The number of carbonyl (C=O) groups excluding carboxylic acids is 1. The van der Waals surface area contributed by atoms with Crippen LogP contribution in [0.2, 0.25) is 0 Å². The molecule has 4 rings (SSSR count). The van der Waals surface area contributed by atoms with Crippen molar-refractivity contribution in [2.45, 2.75) is 32.4 Å². The van der Waals surface area contributed by atoms with E-state index < -0.39 is 15.7 Å². The summed E-state index contributed by atoms with van der Waals surface area (Å²) < 4.78 is 37.3. The van der Waals surface area contributed by atoms with E-state index in [0.717, 1.165) is 23.3 Å². The Labute approximate surface area is 181 Å². The Hall–Kier alpha value is -2.16. The van der Waals surface area contributed by atoms with Gasteiger partial charge in [-0.3, -0.25) is 4.79 Å². The SMILES string of the molecule is Cc1ccsc1CN(C[C@@H]1CCCO1)C(=O)C1=C(c2ccccc2)S(=O)(=O)CCO1. The number of benzene rings is 1. The van der Waals surface area contributed by atoms with Gasteiger partial charge in [-0.1, -0.05) is 30.3 Å². The Kier molecular flexibility index (Phi) is 6.26. The zero-order chi connectivity index (χ0) is 21.1. The standard InChI is InChI=1S/C22H25NO5S2/c1-16-9-12-29-19(16)15-23(14-18-8-5-10-27-18)22(24)20-21(17-6-3-2-4-7-17)30(25,26)13-11-28-20/h2-4,6-7,9,12,18H,5,8,10-11,13-15H2,1H3/t18-/m0/s1. The van der Waals surface area contributed by atoms with Crippen LogP contribution in [0, 0.1) is 6.92 Å². The molecule has 8 heteroatoms. The Morgan fingerprint density at radius 1 is 1.20 bits per heavy atom. The van der Waals surface area contributed by atoms with Gasteiger partial charge in [0, 0.05) is 18.0 Å². The molecule has 30 heavy (non-hydrogen) atoms. The number of hydrogen-bond acceptors (Lipinski definition) is 6. The van der Waals surface area contributed by atoms with Crippen LogP contribution >= 0.6 is 11.3 Å². The van der Waals surface area contributed by atoms with Gasteiger partial charge in [0.25, 0.3) is 5.91 Å². The summed E-state index contributed by atoms with van der Waals surface area (Å²) in [5.41, 5.74) is 1.59. The lowest BCUT2D eigenvalue weighted by molar-refractivity contribution is -0.132. The van der Waals surface area contributed by atoms with Crippen LogP contribution in [0.3, 0.4) is 0 Å². The number of hydrogen-bond donors (Lipinski definition) is 0. The molecule has 0 saturated carbocycles. The number of thiophene rings is 1. The van der Waals surface area contributed by atoms with E-state index >= 15 is 0 Å². The lowest BCUT2D eigenvalue weighted by Gasteiger charge is -2.29. The Morgan fingerprint density at radius 2 is 2.00 bits per heavy atom. The fourth-order valence-corrected chi connectivity index (χ4v) is 6.11. The lowest BCUT2D eigenvalue weighted by Crippen LogP contribution is -2.40. The molecule has 2 aliphatic rings. The van der Waals surface area contributed by atoms with Crippen molar-refractivity contribution in [3.8, 4) is 0 Å². The van der Waals surface area contributed by atoms with Crippen LogP contribution in [0.15, 0.2) is 47.5 Å². The summed E-state index contributed by atoms with van der Waals surface area (Å²) >= 11 is 1.59. The number of aryl methyl sites for hydroxylation is 1. The van der Waals surface area contributed by atoms with Gasteiger partial charge in [0.1, 0.15) is 11.5 Å². The predicted molar refractivity (Wildman–Crippen MR) is 117 cm³/mol. The van der Waals surface area contributed by atoms with Crippen molar-refractivity contribution in [3.05, 3.63) is 63.5 Å². The number of nitrogens with zero attached hydrogens (tertiary/aromatic N) is 1. The topological polar surface area (TPSA) is 72.9 Å². The van der Waals surface area contributed by atoms with Gasteiger partial charge >= 0.3 is 0 Å². The maximum Gasteiger partial charge on any atom is 0.290 e. The summed E-state index contributed by atoms with van der Waals surface area (Å²) in [5.74, 6) is -0.621. The van der Waals surface area contributed by atoms with Gasteiger partial charge < -0.3 is 14.4 Å². The van der Waals surface area contributed by atoms with Crippen LogP contribution in [-0.2, 0) is 30.7 Å². The molecule has 2 aromatic rings. The molecule has 1 fully saturated rings. The Balaban J connectivity index is 1.73. The molecule has 0 radical (unpaired) electrons. The summed E-state index contributed by atoms with van der Waals surface area (Å²) in [5, 5.41) is 2.00. The van der Waals surface area contributed by atoms with Crippen molar-refractivity contribution in [1.82, 2.24) is 4.90 Å². The normalized spacial score (nSPS) is 20.8. The zero-order valence-electron chi connectivity index (χ0n) is 16.9. The van der Waals surface area contributed by atoms with Crippen LogP contribution < -0.4 is 0 Å². The van der Waals surface area contributed by atoms with E-state index in [1.807, 2.05) is 24.4 Å². The van der Waals surface area contributed by atoms with Crippen LogP contribution in [0.25, 0.3) is 4.91 Å². The highest BCUT2D eigenvalue weighted by atomic mass is 32.2. The van der Waals surface area contributed by atoms with Crippen molar-refractivity contribution in [2.24, 2.45) is 0 Å². The van der Waals surface area contributed by atoms with Gasteiger partial charge in [-0.15, -0.1) is 11.3 Å². The predicted octanol–water partition coefficient (Wildman–Crippen LogP) is 3.38. The van der Waals surface area contributed by atoms with Gasteiger partial charge in [0.2, 0.25) is 5.76 Å². The molecule has 1 saturated heterocycles. The largest absolute Gasteiger partial charge is 0.486 e. The minimum Gasteiger partial charge on any atom is -0.486 e. The summed E-state index contributed by atoms with van der Waals surface area (Å²) in [7, 11) is -3.62. The van der Waals surface area contributed by atoms with Crippen LogP contribution in [0.4, 0.5) is 0 Å². The summed E-state index contributed by atoms with van der Waals surface area (Å²) in [6, 6.07) is 10.7. The first kappa shape index (κ1) is 21.1. The highest BCUT2D eigenvalue weighted by Gasteiger charge is 2.36. The number of ether oxygens (including phenoxy) is 2. The minimum absolute atomic E-state index is 0.0143. The minimum atomic E-state index is -3.62. The summed E-state index contributed by atoms with van der Waals surface area (Å²) in [6.45, 7) is 3.48. The fourth-order valence-electron chi connectivity index (χ4n) is 3.76. The highest BCUT2D eigenvalue weighted by molar-refractivity contribution is 8.00. The first-order valence-corrected chi connectivity index (χ1v) is 12.6. The van der Waals surface area contributed by atoms with Crippen molar-refractivity contribution in [1.29, 1.82) is 0 Å². The van der Waals surface area contributed by atoms with E-state index in [4.69, 9.17) is 9.47 Å². The third-order valence-corrected chi connectivity index (χ3v) is 8.14. The van der Waals surface area contributed by atoms with E-state index in [-0.39, 0.29) is 29.1 Å². The second-order valence-electron chi connectivity index (χ2n) is 7.54. The molecule has 0 bridgehead atoms. The fraction of sp³-hybridized carbons (Fsp3) is 0.409. The average molecular weight is 448 g/mol. The average Bonchev–Trinajstić information content (AvgIpc) is 3.39. The maximum absolute atomic E-state index is 13.6. The van der Waals surface area contributed by atoms with Crippen molar-refractivity contribution >= 4 is 32.0 Å². The molecule has 3 heterocycles. The highest BCUT2D eigenvalue weighted by Crippen LogP contribution is 2.32. The van der Waals surface area contributed by atoms with Crippen molar-refractivity contribution in [2.75, 3.05) is 25.5 Å². The maximum atomic E-state index is 13.6. The monoisotopic (exact) mass is 447 g/mol. The molecular weight excluding hydrogens is 422 g/mol. The van der Waals surface area contributed by atoms with Gasteiger partial charge in [0.15, 0.2) is 9.84 Å². The van der Waals surface area contributed by atoms with Gasteiger partial charge in [0.05, 0.1) is 18.4 Å². The first-order valence-electron chi connectivity index (χ1n) is 10.0. The van der Waals surface area contributed by atoms with Crippen LogP contribution in [0.1, 0.15) is 28.8 Å². The Bertz CT molecular complexity index is 1040. The van der Waals surface area contributed by atoms with Gasteiger partial charge in [-0.2, -0.15) is 0 Å². The number of rotatable bonds is 6. The second-order valence-corrected chi connectivity index (χ2v) is 10.6. The summed E-state index contributed by atoms with van der Waals surface area (Å²) in [4.78, 5) is 16.4. The molecule has 0 N–H and O–H groups in total. The van der Waals surface area contributed by atoms with Gasteiger partial charge in [-0.05, 0) is 42.3 Å². The molecule has 0 spiro atoms. The Morgan fingerprint density at radius 3 is 2.67 bits per heavy atom. The van der Waals surface area contributed by atoms with E-state index in [1.165, 1.54) is 0 Å². The van der Waals surface area contributed by atoms with Crippen LogP contribution in [0.5, 0.6) is 0 Å². The van der Waals surface area contributed by atoms with E-state index in [2.05, 4.69) is 0 Å². The lowest BCUT2D eigenvalue weighted by atomic mass is 10.1. The molecule has 1 atom stereocenters. The third kappa shape index (κ3) is 4.45. The van der Waals surface area contributed by atoms with E-state index in [9.17, 15) is 13.2 Å². The molecule has 0 aliphatic carbocycles.